The van der Waals surface area contributed by atoms with E-state index in [2.05, 4.69) is 66.3 Å². The van der Waals surface area contributed by atoms with Gasteiger partial charge in [0.1, 0.15) is 0 Å². The third-order valence-electron chi connectivity index (χ3n) is 5.47. The van der Waals surface area contributed by atoms with Crippen LogP contribution in [-0.2, 0) is 20.1 Å². The maximum absolute atomic E-state index is 4.49. The molecule has 0 N–H and O–H groups in total. The molecule has 0 fully saturated rings. The molecule has 0 aliphatic carbocycles. The molecule has 0 aliphatic rings. The molecule has 0 atom stereocenters. The molecule has 0 amide bonds. The molecule has 3 heteroatoms. The maximum atomic E-state index is 4.49. The molecule has 2 nitrogen and oxygen atoms in total. The number of benzene rings is 3. The molecule has 1 radical (unpaired) electrons. The Labute approximate surface area is 216 Å². The Morgan fingerprint density at radius 1 is 0.588 bits per heavy atom. The minimum atomic E-state index is 0. The molecule has 0 unspecified atom stereocenters. The van der Waals surface area contributed by atoms with Crippen LogP contribution in [0, 0.1) is 32.9 Å². The van der Waals surface area contributed by atoms with Crippen LogP contribution < -0.4 is 0 Å². The monoisotopic (exact) mass is 619 g/mol. The van der Waals surface area contributed by atoms with Gasteiger partial charge in [-0.15, -0.1) is 70.8 Å². The number of aryl methyl sites for hydroxylation is 3. The average Bonchev–Trinajstić information content (AvgIpc) is 2.88. The third-order valence-corrected chi connectivity index (χ3v) is 5.47. The van der Waals surface area contributed by atoms with Gasteiger partial charge in [0.05, 0.1) is 0 Å². The zero-order valence-corrected chi connectivity index (χ0v) is 21.9. The summed E-state index contributed by atoms with van der Waals surface area (Å²) in [5.74, 6) is 0. The topological polar surface area (TPSA) is 25.8 Å². The Hall–Kier alpha value is -3.39. The second-order valence-corrected chi connectivity index (χ2v) is 8.01. The van der Waals surface area contributed by atoms with Gasteiger partial charge in [0.25, 0.3) is 0 Å². The summed E-state index contributed by atoms with van der Waals surface area (Å²) in [7, 11) is 0. The van der Waals surface area contributed by atoms with Crippen molar-refractivity contribution in [2.45, 2.75) is 20.8 Å². The molecular formula is C31H26IrN2-2. The first-order valence-electron chi connectivity index (χ1n) is 11.0. The van der Waals surface area contributed by atoms with Crippen molar-refractivity contribution >= 4 is 0 Å². The Balaban J connectivity index is 0.000000188. The molecule has 0 saturated carbocycles. The Morgan fingerprint density at radius 3 is 1.91 bits per heavy atom. The minimum absolute atomic E-state index is 0. The van der Waals surface area contributed by atoms with Crippen LogP contribution in [0.4, 0.5) is 0 Å². The van der Waals surface area contributed by atoms with E-state index >= 15 is 0 Å². The van der Waals surface area contributed by atoms with Crippen molar-refractivity contribution in [1.29, 1.82) is 0 Å². The summed E-state index contributed by atoms with van der Waals surface area (Å²) < 4.78 is 0. The van der Waals surface area contributed by atoms with Crippen LogP contribution in [0.15, 0.2) is 103 Å². The van der Waals surface area contributed by atoms with Crippen LogP contribution in [-0.4, -0.2) is 9.97 Å². The summed E-state index contributed by atoms with van der Waals surface area (Å²) in [6.07, 6.45) is 3.80. The second kappa shape index (κ2) is 12.2. The first-order chi connectivity index (χ1) is 16.1. The van der Waals surface area contributed by atoms with E-state index in [0.29, 0.717) is 0 Å². The molecular weight excluding hydrogens is 593 g/mol. The zero-order chi connectivity index (χ0) is 23.0. The van der Waals surface area contributed by atoms with Crippen molar-refractivity contribution in [1.82, 2.24) is 9.97 Å². The van der Waals surface area contributed by atoms with Gasteiger partial charge in [0, 0.05) is 32.5 Å². The summed E-state index contributed by atoms with van der Waals surface area (Å²) in [5, 5.41) is 0. The van der Waals surface area contributed by atoms with E-state index < -0.39 is 0 Å². The van der Waals surface area contributed by atoms with Crippen LogP contribution in [0.1, 0.15) is 16.7 Å². The van der Waals surface area contributed by atoms with E-state index in [1.165, 1.54) is 22.3 Å². The van der Waals surface area contributed by atoms with Crippen LogP contribution in [0.5, 0.6) is 0 Å². The summed E-state index contributed by atoms with van der Waals surface area (Å²) >= 11 is 0. The van der Waals surface area contributed by atoms with Crippen molar-refractivity contribution in [3.8, 4) is 33.6 Å². The van der Waals surface area contributed by atoms with Gasteiger partial charge in [-0.2, -0.15) is 0 Å². The predicted octanol–water partition coefficient (Wildman–Crippen LogP) is 7.69. The number of rotatable bonds is 3. The minimum Gasteiger partial charge on any atom is -0.304 e. The molecule has 5 aromatic rings. The summed E-state index contributed by atoms with van der Waals surface area (Å²) in [5.41, 5.74) is 10.1. The van der Waals surface area contributed by atoms with E-state index in [1.807, 2.05) is 80.0 Å². The fraction of sp³-hybridized carbons (Fsp3) is 0.0968. The van der Waals surface area contributed by atoms with E-state index in [4.69, 9.17) is 0 Å². The maximum Gasteiger partial charge on any atom is 0.0239 e. The molecule has 0 spiro atoms. The molecule has 34 heavy (non-hydrogen) atoms. The summed E-state index contributed by atoms with van der Waals surface area (Å²) in [4.78, 5) is 8.88. The zero-order valence-electron chi connectivity index (χ0n) is 19.5. The van der Waals surface area contributed by atoms with Gasteiger partial charge in [-0.25, -0.2) is 0 Å². The first-order valence-corrected chi connectivity index (χ1v) is 11.0. The standard InChI is InChI=1S/C17H12N.C14H14N.Ir/c1-3-7-14(8-4-1)16-11-12-17(18-13-16)15-9-5-2-6-10-15;1-10-4-7-14(15-9-10)13-6-5-11(2)12(3)8-13;/h1-9,11-13H;4-5,7-9H,1-3H3;/q2*-1;. The van der Waals surface area contributed by atoms with Crippen molar-refractivity contribution in [2.24, 2.45) is 0 Å². The van der Waals surface area contributed by atoms with E-state index in [9.17, 15) is 0 Å². The van der Waals surface area contributed by atoms with Crippen LogP contribution in [0.3, 0.4) is 0 Å². The van der Waals surface area contributed by atoms with Crippen molar-refractivity contribution in [3.05, 3.63) is 132 Å². The van der Waals surface area contributed by atoms with Crippen LogP contribution in [0.25, 0.3) is 33.6 Å². The van der Waals surface area contributed by atoms with E-state index in [0.717, 1.165) is 28.1 Å². The Kier molecular flexibility index (Phi) is 9.04. The molecule has 171 valence electrons. The Bertz CT molecular complexity index is 1240. The average molecular weight is 619 g/mol. The smallest absolute Gasteiger partial charge is 0.0239 e. The SMILES string of the molecule is Cc1ccc(-c2[c-]cc(C)c(C)c2)nc1.[Ir].[c-]1ccccc1-c1ccc(-c2ccccc2)cn1. The normalized spacial score (nSPS) is 9.97. The van der Waals surface area contributed by atoms with Gasteiger partial charge in [0.15, 0.2) is 0 Å². The second-order valence-electron chi connectivity index (χ2n) is 8.01. The van der Waals surface area contributed by atoms with Gasteiger partial charge >= 0.3 is 0 Å². The first kappa shape index (κ1) is 25.2. The van der Waals surface area contributed by atoms with Crippen molar-refractivity contribution in [3.63, 3.8) is 0 Å². The number of pyridine rings is 2. The van der Waals surface area contributed by atoms with Gasteiger partial charge in [-0.05, 0) is 35.0 Å². The van der Waals surface area contributed by atoms with Gasteiger partial charge in [-0.1, -0.05) is 68.4 Å². The van der Waals surface area contributed by atoms with Crippen LogP contribution >= 0.6 is 0 Å². The quantitative estimate of drug-likeness (QED) is 0.194. The summed E-state index contributed by atoms with van der Waals surface area (Å²) in [6.45, 7) is 6.25. The molecule has 3 aromatic carbocycles. The molecule has 5 rings (SSSR count). The number of aromatic nitrogens is 2. The van der Waals surface area contributed by atoms with Gasteiger partial charge < -0.3 is 9.97 Å². The van der Waals surface area contributed by atoms with Gasteiger partial charge in [0.2, 0.25) is 0 Å². The van der Waals surface area contributed by atoms with Crippen LogP contribution in [0.2, 0.25) is 0 Å². The summed E-state index contributed by atoms with van der Waals surface area (Å²) in [6, 6.07) is 37.0. The fourth-order valence-electron chi connectivity index (χ4n) is 3.35. The Morgan fingerprint density at radius 2 is 1.29 bits per heavy atom. The van der Waals surface area contributed by atoms with E-state index in [-0.39, 0.29) is 20.1 Å². The molecule has 2 aromatic heterocycles. The molecule has 2 heterocycles. The number of hydrogen-bond acceptors (Lipinski definition) is 2. The van der Waals surface area contributed by atoms with Crippen molar-refractivity contribution < 1.29 is 20.1 Å². The third kappa shape index (κ3) is 6.57. The van der Waals surface area contributed by atoms with Gasteiger partial charge in [-0.3, -0.25) is 0 Å². The largest absolute Gasteiger partial charge is 0.304 e. The fourth-order valence-corrected chi connectivity index (χ4v) is 3.35. The van der Waals surface area contributed by atoms with Crippen molar-refractivity contribution in [2.75, 3.05) is 0 Å². The molecule has 0 bridgehead atoms. The van der Waals surface area contributed by atoms with E-state index in [1.54, 1.807) is 0 Å². The molecule has 0 saturated heterocycles. The number of nitrogens with zero attached hydrogens (tertiary/aromatic N) is 2. The predicted molar refractivity (Wildman–Crippen MR) is 137 cm³/mol. The molecule has 0 aliphatic heterocycles. The number of hydrogen-bond donors (Lipinski definition) is 0.